The zero-order valence-corrected chi connectivity index (χ0v) is 12.5. The third-order valence-electron chi connectivity index (χ3n) is 4.30. The largest absolute Gasteiger partial charge is 0.343 e. The first-order valence-electron chi connectivity index (χ1n) is 7.75. The van der Waals surface area contributed by atoms with Gasteiger partial charge in [0.05, 0.1) is 0 Å². The van der Waals surface area contributed by atoms with Crippen molar-refractivity contribution >= 4 is 5.91 Å². The van der Waals surface area contributed by atoms with Crippen LogP contribution in [0.4, 0.5) is 0 Å². The van der Waals surface area contributed by atoms with Crippen LogP contribution < -0.4 is 0 Å². The van der Waals surface area contributed by atoms with Gasteiger partial charge in [-0.05, 0) is 48.6 Å². The van der Waals surface area contributed by atoms with Crippen molar-refractivity contribution in [3.8, 4) is 5.69 Å². The van der Waals surface area contributed by atoms with Crippen molar-refractivity contribution in [3.63, 3.8) is 0 Å². The molecular formula is C18H22N2O. The van der Waals surface area contributed by atoms with Gasteiger partial charge in [-0.25, -0.2) is 0 Å². The quantitative estimate of drug-likeness (QED) is 0.841. The molecule has 3 rings (SSSR count). The number of amides is 1. The second-order valence-electron chi connectivity index (χ2n) is 5.87. The highest BCUT2D eigenvalue weighted by Crippen LogP contribution is 2.22. The highest BCUT2D eigenvalue weighted by molar-refractivity contribution is 5.77. The molecule has 0 spiro atoms. The van der Waals surface area contributed by atoms with Crippen molar-refractivity contribution in [3.05, 3.63) is 54.4 Å². The molecule has 2 heterocycles. The lowest BCUT2D eigenvalue weighted by molar-refractivity contribution is -0.130. The van der Waals surface area contributed by atoms with Crippen LogP contribution >= 0.6 is 0 Å². The van der Waals surface area contributed by atoms with Crippen LogP contribution in [0.5, 0.6) is 0 Å². The number of carbonyl (C=O) groups is 1. The number of nitrogens with zero attached hydrogens (tertiary/aromatic N) is 2. The van der Waals surface area contributed by atoms with Gasteiger partial charge in [-0.1, -0.05) is 19.1 Å². The lowest BCUT2D eigenvalue weighted by Crippen LogP contribution is -2.28. The SMILES string of the molecule is C[C@@H](CC(=O)N1CCCC1)c1ccc(-n2cccc2)cc1. The van der Waals surface area contributed by atoms with Crippen LogP contribution in [0.15, 0.2) is 48.8 Å². The fourth-order valence-electron chi connectivity index (χ4n) is 2.96. The molecule has 1 aromatic heterocycles. The predicted octanol–water partition coefficient (Wildman–Crippen LogP) is 3.59. The molecule has 1 amide bonds. The Balaban J connectivity index is 1.64. The molecule has 0 N–H and O–H groups in total. The van der Waals surface area contributed by atoms with E-state index in [1.54, 1.807) is 0 Å². The lowest BCUT2D eigenvalue weighted by Gasteiger charge is -2.18. The first-order chi connectivity index (χ1) is 10.2. The van der Waals surface area contributed by atoms with Crippen molar-refractivity contribution in [1.82, 2.24) is 9.47 Å². The maximum atomic E-state index is 12.2. The normalized spacial score (nSPS) is 16.1. The summed E-state index contributed by atoms with van der Waals surface area (Å²) in [7, 11) is 0. The summed E-state index contributed by atoms with van der Waals surface area (Å²) in [6.45, 7) is 4.02. The average Bonchev–Trinajstić information content (AvgIpc) is 3.20. The number of likely N-dealkylation sites (tertiary alicyclic amines) is 1. The zero-order chi connectivity index (χ0) is 14.7. The number of carbonyl (C=O) groups excluding carboxylic acids is 1. The Morgan fingerprint density at radius 3 is 2.33 bits per heavy atom. The van der Waals surface area contributed by atoms with Gasteiger partial charge in [0.15, 0.2) is 0 Å². The van der Waals surface area contributed by atoms with Crippen LogP contribution in [-0.4, -0.2) is 28.5 Å². The fraction of sp³-hybridized carbons (Fsp3) is 0.389. The molecule has 1 fully saturated rings. The number of benzene rings is 1. The summed E-state index contributed by atoms with van der Waals surface area (Å²) >= 11 is 0. The van der Waals surface area contributed by atoms with Gasteiger partial charge < -0.3 is 9.47 Å². The van der Waals surface area contributed by atoms with E-state index in [0.29, 0.717) is 12.3 Å². The van der Waals surface area contributed by atoms with E-state index in [-0.39, 0.29) is 5.92 Å². The smallest absolute Gasteiger partial charge is 0.223 e. The monoisotopic (exact) mass is 282 g/mol. The van der Waals surface area contributed by atoms with Crippen molar-refractivity contribution in [2.24, 2.45) is 0 Å². The van der Waals surface area contributed by atoms with Crippen LogP contribution in [0, 0.1) is 0 Å². The second kappa shape index (κ2) is 6.17. The minimum Gasteiger partial charge on any atom is -0.343 e. The van der Waals surface area contributed by atoms with E-state index in [0.717, 1.165) is 31.6 Å². The Bertz CT molecular complexity index is 580. The first kappa shape index (κ1) is 13.9. The second-order valence-corrected chi connectivity index (χ2v) is 5.87. The van der Waals surface area contributed by atoms with Gasteiger partial charge in [0.1, 0.15) is 0 Å². The van der Waals surface area contributed by atoms with E-state index in [4.69, 9.17) is 0 Å². The molecule has 0 saturated carbocycles. The van der Waals surface area contributed by atoms with Crippen molar-refractivity contribution < 1.29 is 4.79 Å². The highest BCUT2D eigenvalue weighted by Gasteiger charge is 2.20. The van der Waals surface area contributed by atoms with E-state index >= 15 is 0 Å². The Hall–Kier alpha value is -2.03. The maximum absolute atomic E-state index is 12.2. The molecule has 2 aromatic rings. The van der Waals surface area contributed by atoms with Crippen LogP contribution in [0.1, 0.15) is 37.7 Å². The molecule has 0 bridgehead atoms. The summed E-state index contributed by atoms with van der Waals surface area (Å²) in [4.78, 5) is 14.2. The van der Waals surface area contributed by atoms with Crippen LogP contribution in [-0.2, 0) is 4.79 Å². The Kier molecular flexibility index (Phi) is 4.09. The molecule has 0 unspecified atom stereocenters. The molecule has 0 aliphatic carbocycles. The number of hydrogen-bond donors (Lipinski definition) is 0. The van der Waals surface area contributed by atoms with Crippen molar-refractivity contribution in [2.75, 3.05) is 13.1 Å². The third kappa shape index (κ3) is 3.18. The molecule has 1 saturated heterocycles. The Labute approximate surface area is 126 Å². The summed E-state index contributed by atoms with van der Waals surface area (Å²) in [6.07, 6.45) is 7.00. The van der Waals surface area contributed by atoms with Gasteiger partial charge in [0.25, 0.3) is 0 Å². The summed E-state index contributed by atoms with van der Waals surface area (Å²) < 4.78 is 2.09. The lowest BCUT2D eigenvalue weighted by atomic mass is 9.97. The molecule has 1 aromatic carbocycles. The van der Waals surface area contributed by atoms with Crippen LogP contribution in [0.2, 0.25) is 0 Å². The Morgan fingerprint density at radius 1 is 1.10 bits per heavy atom. The molecule has 1 aliphatic heterocycles. The average molecular weight is 282 g/mol. The van der Waals surface area contributed by atoms with Gasteiger partial charge in [-0.3, -0.25) is 4.79 Å². The molecule has 3 nitrogen and oxygen atoms in total. The number of aromatic nitrogens is 1. The van der Waals surface area contributed by atoms with E-state index in [2.05, 4.69) is 35.8 Å². The Morgan fingerprint density at radius 2 is 1.71 bits per heavy atom. The fourth-order valence-corrected chi connectivity index (χ4v) is 2.96. The zero-order valence-electron chi connectivity index (χ0n) is 12.5. The molecule has 3 heteroatoms. The predicted molar refractivity (Wildman–Crippen MR) is 84.6 cm³/mol. The third-order valence-corrected chi connectivity index (χ3v) is 4.30. The van der Waals surface area contributed by atoms with Crippen molar-refractivity contribution in [2.45, 2.75) is 32.1 Å². The van der Waals surface area contributed by atoms with E-state index in [1.165, 1.54) is 5.56 Å². The summed E-state index contributed by atoms with van der Waals surface area (Å²) in [5, 5.41) is 0. The standard InChI is InChI=1S/C18H22N2O/c1-15(14-18(21)20-12-4-5-13-20)16-6-8-17(9-7-16)19-10-2-3-11-19/h2-3,6-11,15H,4-5,12-14H2,1H3/t15-/m0/s1. The van der Waals surface area contributed by atoms with E-state index in [1.807, 2.05) is 29.4 Å². The molecule has 0 radical (unpaired) electrons. The van der Waals surface area contributed by atoms with Gasteiger partial charge >= 0.3 is 0 Å². The summed E-state index contributed by atoms with van der Waals surface area (Å²) in [5.41, 5.74) is 2.39. The van der Waals surface area contributed by atoms with E-state index in [9.17, 15) is 4.79 Å². The maximum Gasteiger partial charge on any atom is 0.223 e. The minimum atomic E-state index is 0.275. The number of hydrogen-bond acceptors (Lipinski definition) is 1. The van der Waals surface area contributed by atoms with Crippen molar-refractivity contribution in [1.29, 1.82) is 0 Å². The number of rotatable bonds is 4. The topological polar surface area (TPSA) is 25.2 Å². The van der Waals surface area contributed by atoms with Crippen LogP contribution in [0.3, 0.4) is 0 Å². The van der Waals surface area contributed by atoms with Crippen LogP contribution in [0.25, 0.3) is 5.69 Å². The first-order valence-corrected chi connectivity index (χ1v) is 7.75. The van der Waals surface area contributed by atoms with Gasteiger partial charge in [0, 0.05) is 37.6 Å². The minimum absolute atomic E-state index is 0.275. The molecule has 21 heavy (non-hydrogen) atoms. The highest BCUT2D eigenvalue weighted by atomic mass is 16.2. The summed E-state index contributed by atoms with van der Waals surface area (Å²) in [6, 6.07) is 12.5. The molecular weight excluding hydrogens is 260 g/mol. The molecule has 110 valence electrons. The van der Waals surface area contributed by atoms with E-state index < -0.39 is 0 Å². The van der Waals surface area contributed by atoms with Gasteiger partial charge in [-0.15, -0.1) is 0 Å². The van der Waals surface area contributed by atoms with Gasteiger partial charge in [-0.2, -0.15) is 0 Å². The molecule has 1 atom stereocenters. The van der Waals surface area contributed by atoms with Gasteiger partial charge in [0.2, 0.25) is 5.91 Å². The molecule has 1 aliphatic rings. The summed E-state index contributed by atoms with van der Waals surface area (Å²) in [5.74, 6) is 0.575.